The summed E-state index contributed by atoms with van der Waals surface area (Å²) in [5.74, 6) is -0.217. The SMILES string of the molecule is CCN(CC)C(CNC(=O)c1cn(-c2ccccc2)nn1)c1ccccc1. The van der Waals surface area contributed by atoms with E-state index in [1.165, 1.54) is 5.56 Å². The summed E-state index contributed by atoms with van der Waals surface area (Å²) < 4.78 is 1.61. The van der Waals surface area contributed by atoms with Gasteiger partial charge in [-0.05, 0) is 30.8 Å². The molecular weight excluding hydrogens is 338 g/mol. The lowest BCUT2D eigenvalue weighted by Gasteiger charge is -2.30. The fourth-order valence-corrected chi connectivity index (χ4v) is 3.15. The van der Waals surface area contributed by atoms with Gasteiger partial charge in [0, 0.05) is 6.54 Å². The highest BCUT2D eigenvalue weighted by Crippen LogP contribution is 2.19. The molecule has 27 heavy (non-hydrogen) atoms. The van der Waals surface area contributed by atoms with Crippen molar-refractivity contribution in [2.24, 2.45) is 0 Å². The number of hydrogen-bond donors (Lipinski definition) is 1. The molecule has 0 saturated heterocycles. The second kappa shape index (κ2) is 9.09. The van der Waals surface area contributed by atoms with Crippen LogP contribution in [0, 0.1) is 0 Å². The van der Waals surface area contributed by atoms with Crippen molar-refractivity contribution in [2.45, 2.75) is 19.9 Å². The van der Waals surface area contributed by atoms with Crippen LogP contribution in [0.1, 0.15) is 35.9 Å². The molecule has 6 nitrogen and oxygen atoms in total. The van der Waals surface area contributed by atoms with Gasteiger partial charge in [-0.3, -0.25) is 9.69 Å². The van der Waals surface area contributed by atoms with Crippen molar-refractivity contribution >= 4 is 5.91 Å². The van der Waals surface area contributed by atoms with E-state index in [1.54, 1.807) is 10.9 Å². The number of para-hydroxylation sites is 1. The summed E-state index contributed by atoms with van der Waals surface area (Å²) in [7, 11) is 0. The number of nitrogens with one attached hydrogen (secondary N) is 1. The van der Waals surface area contributed by atoms with E-state index in [0.29, 0.717) is 12.2 Å². The van der Waals surface area contributed by atoms with Crippen molar-refractivity contribution in [3.8, 4) is 5.69 Å². The van der Waals surface area contributed by atoms with Crippen LogP contribution in [0.4, 0.5) is 0 Å². The molecule has 1 unspecified atom stereocenters. The number of carbonyl (C=O) groups excluding carboxylic acids is 1. The number of benzene rings is 2. The lowest BCUT2D eigenvalue weighted by molar-refractivity contribution is 0.0930. The van der Waals surface area contributed by atoms with Crippen LogP contribution in [0.3, 0.4) is 0 Å². The standard InChI is InChI=1S/C21H25N5O/c1-3-25(4-2)20(17-11-7-5-8-12-17)15-22-21(27)19-16-26(24-23-19)18-13-9-6-10-14-18/h5-14,16,20H,3-4,15H2,1-2H3,(H,22,27). The van der Waals surface area contributed by atoms with Crippen LogP contribution in [0.5, 0.6) is 0 Å². The second-order valence-electron chi connectivity index (χ2n) is 6.24. The smallest absolute Gasteiger partial charge is 0.273 e. The van der Waals surface area contributed by atoms with E-state index < -0.39 is 0 Å². The van der Waals surface area contributed by atoms with Crippen molar-refractivity contribution in [1.29, 1.82) is 0 Å². The Balaban J connectivity index is 1.70. The average Bonchev–Trinajstić information content (AvgIpc) is 3.22. The Morgan fingerprint density at radius 1 is 1.04 bits per heavy atom. The first kappa shape index (κ1) is 18.8. The molecule has 1 heterocycles. The van der Waals surface area contributed by atoms with E-state index in [1.807, 2.05) is 48.5 Å². The molecule has 0 aliphatic heterocycles. The van der Waals surface area contributed by atoms with Gasteiger partial charge < -0.3 is 5.32 Å². The number of carbonyl (C=O) groups is 1. The minimum atomic E-state index is -0.217. The molecule has 6 heteroatoms. The van der Waals surface area contributed by atoms with Gasteiger partial charge in [0.05, 0.1) is 17.9 Å². The maximum atomic E-state index is 12.6. The zero-order valence-electron chi connectivity index (χ0n) is 15.7. The molecule has 1 atom stereocenters. The summed E-state index contributed by atoms with van der Waals surface area (Å²) in [6.07, 6.45) is 1.65. The molecule has 0 saturated carbocycles. The van der Waals surface area contributed by atoms with E-state index in [4.69, 9.17) is 0 Å². The Morgan fingerprint density at radius 3 is 2.30 bits per heavy atom. The van der Waals surface area contributed by atoms with Crippen LogP contribution in [0.2, 0.25) is 0 Å². The van der Waals surface area contributed by atoms with Crippen LogP contribution in [-0.2, 0) is 0 Å². The minimum absolute atomic E-state index is 0.120. The van der Waals surface area contributed by atoms with Gasteiger partial charge in [0.25, 0.3) is 5.91 Å². The third-order valence-electron chi connectivity index (χ3n) is 4.64. The van der Waals surface area contributed by atoms with E-state index in [9.17, 15) is 4.79 Å². The minimum Gasteiger partial charge on any atom is -0.349 e. The number of amides is 1. The molecule has 0 spiro atoms. The maximum absolute atomic E-state index is 12.6. The molecule has 0 aliphatic rings. The third-order valence-corrected chi connectivity index (χ3v) is 4.64. The van der Waals surface area contributed by atoms with Crippen LogP contribution in [0.15, 0.2) is 66.9 Å². The molecule has 140 valence electrons. The molecule has 0 radical (unpaired) electrons. The molecular formula is C21H25N5O. The largest absolute Gasteiger partial charge is 0.349 e. The van der Waals surface area contributed by atoms with Gasteiger partial charge in [0.2, 0.25) is 0 Å². The van der Waals surface area contributed by atoms with E-state index in [-0.39, 0.29) is 11.9 Å². The van der Waals surface area contributed by atoms with Crippen molar-refractivity contribution in [1.82, 2.24) is 25.2 Å². The topological polar surface area (TPSA) is 63.1 Å². The molecule has 3 rings (SSSR count). The molecule has 1 amide bonds. The van der Waals surface area contributed by atoms with Crippen molar-refractivity contribution in [3.05, 3.63) is 78.1 Å². The van der Waals surface area contributed by atoms with Crippen LogP contribution < -0.4 is 5.32 Å². The summed E-state index contributed by atoms with van der Waals surface area (Å²) in [5, 5.41) is 11.1. The summed E-state index contributed by atoms with van der Waals surface area (Å²) in [6.45, 7) is 6.61. The summed E-state index contributed by atoms with van der Waals surface area (Å²) in [6, 6.07) is 20.0. The molecule has 1 aromatic heterocycles. The lowest BCUT2D eigenvalue weighted by atomic mass is 10.1. The first-order valence-electron chi connectivity index (χ1n) is 9.27. The fourth-order valence-electron chi connectivity index (χ4n) is 3.15. The Labute approximate surface area is 159 Å². The predicted octanol–water partition coefficient (Wildman–Crippen LogP) is 3.08. The number of rotatable bonds is 8. The average molecular weight is 363 g/mol. The molecule has 1 N–H and O–H groups in total. The summed E-state index contributed by atoms with van der Waals surface area (Å²) in [4.78, 5) is 14.9. The van der Waals surface area contributed by atoms with Crippen molar-refractivity contribution in [3.63, 3.8) is 0 Å². The highest BCUT2D eigenvalue weighted by atomic mass is 16.2. The van der Waals surface area contributed by atoms with Gasteiger partial charge in [-0.15, -0.1) is 5.10 Å². The van der Waals surface area contributed by atoms with Crippen molar-refractivity contribution < 1.29 is 4.79 Å². The monoisotopic (exact) mass is 363 g/mol. The Morgan fingerprint density at radius 2 is 1.67 bits per heavy atom. The molecule has 2 aromatic carbocycles. The first-order chi connectivity index (χ1) is 13.2. The summed E-state index contributed by atoms with van der Waals surface area (Å²) in [5.41, 5.74) is 2.37. The van der Waals surface area contributed by atoms with Gasteiger partial charge in [0.15, 0.2) is 5.69 Å². The fraction of sp³-hybridized carbons (Fsp3) is 0.286. The van der Waals surface area contributed by atoms with E-state index in [2.05, 4.69) is 46.5 Å². The Bertz CT molecular complexity index is 843. The highest BCUT2D eigenvalue weighted by Gasteiger charge is 2.20. The zero-order valence-corrected chi connectivity index (χ0v) is 15.7. The lowest BCUT2D eigenvalue weighted by Crippen LogP contribution is -2.38. The molecule has 0 fully saturated rings. The van der Waals surface area contributed by atoms with Crippen LogP contribution in [0.25, 0.3) is 5.69 Å². The van der Waals surface area contributed by atoms with Gasteiger partial charge in [-0.2, -0.15) is 0 Å². The van der Waals surface area contributed by atoms with Crippen LogP contribution in [-0.4, -0.2) is 45.4 Å². The Hall–Kier alpha value is -2.99. The Kier molecular flexibility index (Phi) is 6.33. The van der Waals surface area contributed by atoms with Crippen LogP contribution >= 0.6 is 0 Å². The quantitative estimate of drug-likeness (QED) is 0.668. The normalized spacial score (nSPS) is 12.1. The summed E-state index contributed by atoms with van der Waals surface area (Å²) >= 11 is 0. The number of hydrogen-bond acceptors (Lipinski definition) is 4. The van der Waals surface area contributed by atoms with E-state index >= 15 is 0 Å². The predicted molar refractivity (Wildman–Crippen MR) is 106 cm³/mol. The van der Waals surface area contributed by atoms with E-state index in [0.717, 1.165) is 18.8 Å². The number of aromatic nitrogens is 3. The second-order valence-corrected chi connectivity index (χ2v) is 6.24. The number of likely N-dealkylation sites (N-methyl/N-ethyl adjacent to an activating group) is 1. The maximum Gasteiger partial charge on any atom is 0.273 e. The molecule has 3 aromatic rings. The molecule has 0 bridgehead atoms. The first-order valence-corrected chi connectivity index (χ1v) is 9.27. The van der Waals surface area contributed by atoms with Gasteiger partial charge in [0.1, 0.15) is 0 Å². The van der Waals surface area contributed by atoms with Crippen molar-refractivity contribution in [2.75, 3.05) is 19.6 Å². The number of nitrogens with zero attached hydrogens (tertiary/aromatic N) is 4. The third kappa shape index (κ3) is 4.60. The van der Waals surface area contributed by atoms with Gasteiger partial charge >= 0.3 is 0 Å². The highest BCUT2D eigenvalue weighted by molar-refractivity contribution is 5.91. The molecule has 0 aliphatic carbocycles. The van der Waals surface area contributed by atoms with Gasteiger partial charge in [-0.1, -0.05) is 67.6 Å². The van der Waals surface area contributed by atoms with Gasteiger partial charge in [-0.25, -0.2) is 4.68 Å². The zero-order chi connectivity index (χ0) is 19.1.